The predicted octanol–water partition coefficient (Wildman–Crippen LogP) is 5.07. The average molecular weight is 489 g/mol. The van der Waals surface area contributed by atoms with E-state index in [1.54, 1.807) is 12.3 Å². The fourth-order valence-electron chi connectivity index (χ4n) is 4.01. The minimum Gasteiger partial charge on any atom is -0.367 e. The van der Waals surface area contributed by atoms with Crippen molar-refractivity contribution in [3.63, 3.8) is 0 Å². The molecular formula is C25H27F3N4OS. The lowest BCUT2D eigenvalue weighted by molar-refractivity contribution is -0.137. The maximum atomic E-state index is 13.3. The summed E-state index contributed by atoms with van der Waals surface area (Å²) in [4.78, 5) is 18.3. The summed E-state index contributed by atoms with van der Waals surface area (Å²) in [7, 11) is 0. The summed E-state index contributed by atoms with van der Waals surface area (Å²) in [6, 6.07) is 14.8. The van der Waals surface area contributed by atoms with E-state index in [1.165, 1.54) is 28.6 Å². The molecule has 2 aromatic carbocycles. The summed E-state index contributed by atoms with van der Waals surface area (Å²) in [5.41, 5.74) is 1.41. The lowest BCUT2D eigenvalue weighted by Gasteiger charge is -2.36. The maximum absolute atomic E-state index is 13.3. The van der Waals surface area contributed by atoms with E-state index in [-0.39, 0.29) is 10.8 Å². The summed E-state index contributed by atoms with van der Waals surface area (Å²) in [5, 5.41) is 4.66. The topological polar surface area (TPSA) is 41.4 Å². The number of hydrogen-bond donors (Lipinski definition) is 0. The Morgan fingerprint density at radius 1 is 1.00 bits per heavy atom. The van der Waals surface area contributed by atoms with Crippen molar-refractivity contribution in [2.45, 2.75) is 36.7 Å². The van der Waals surface area contributed by atoms with Crippen LogP contribution in [0, 0.1) is 0 Å². The number of alkyl halides is 3. The summed E-state index contributed by atoms with van der Waals surface area (Å²) in [6.45, 7) is 7.26. The number of halogens is 3. The standard InChI is InChI=1S/C25H27F3N4OS/c1-18(2)34-23-22(16-29-32(24(23)33)21-9-4-3-5-10-21)31-13-11-30(12-14-31)17-19-7-6-8-20(15-19)25(26,27)28/h3-10,15-16,18H,11-14,17H2,1-2H3. The fraction of sp³-hybridized carbons (Fsp3) is 0.360. The SMILES string of the molecule is CC(C)Sc1c(N2CCN(Cc3cccc(C(F)(F)F)c3)CC2)cnn(-c2ccccc2)c1=O. The molecule has 180 valence electrons. The van der Waals surface area contributed by atoms with Crippen molar-refractivity contribution in [1.82, 2.24) is 14.7 Å². The third kappa shape index (κ3) is 5.64. The van der Waals surface area contributed by atoms with Gasteiger partial charge in [0.1, 0.15) is 0 Å². The van der Waals surface area contributed by atoms with E-state index in [0.29, 0.717) is 43.2 Å². The number of nitrogens with zero attached hydrogens (tertiary/aromatic N) is 4. The van der Waals surface area contributed by atoms with Crippen molar-refractivity contribution in [2.75, 3.05) is 31.1 Å². The molecule has 0 saturated carbocycles. The molecule has 9 heteroatoms. The highest BCUT2D eigenvalue weighted by molar-refractivity contribution is 8.00. The number of para-hydroxylation sites is 1. The van der Waals surface area contributed by atoms with E-state index >= 15 is 0 Å². The molecule has 0 atom stereocenters. The number of aromatic nitrogens is 2. The van der Waals surface area contributed by atoms with Gasteiger partial charge < -0.3 is 4.90 Å². The number of hydrogen-bond acceptors (Lipinski definition) is 5. The average Bonchev–Trinajstić information content (AvgIpc) is 2.81. The molecule has 0 radical (unpaired) electrons. The van der Waals surface area contributed by atoms with E-state index < -0.39 is 11.7 Å². The zero-order chi connectivity index (χ0) is 24.3. The van der Waals surface area contributed by atoms with E-state index in [0.717, 1.165) is 17.4 Å². The van der Waals surface area contributed by atoms with Crippen molar-refractivity contribution in [3.05, 3.63) is 82.3 Å². The molecule has 1 saturated heterocycles. The Labute approximate surface area is 201 Å². The highest BCUT2D eigenvalue weighted by Crippen LogP contribution is 2.31. The maximum Gasteiger partial charge on any atom is 0.416 e. The van der Waals surface area contributed by atoms with Gasteiger partial charge in [-0.05, 0) is 23.8 Å². The van der Waals surface area contributed by atoms with Crippen LogP contribution < -0.4 is 10.5 Å². The number of benzene rings is 2. The first-order valence-corrected chi connectivity index (χ1v) is 12.1. The molecular weight excluding hydrogens is 461 g/mol. The first kappa shape index (κ1) is 24.3. The molecule has 1 fully saturated rings. The van der Waals surface area contributed by atoms with Gasteiger partial charge in [0.05, 0.1) is 28.0 Å². The fourth-order valence-corrected chi connectivity index (χ4v) is 4.97. The van der Waals surface area contributed by atoms with Crippen molar-refractivity contribution in [2.24, 2.45) is 0 Å². The Balaban J connectivity index is 1.51. The molecule has 5 nitrogen and oxygen atoms in total. The second-order valence-corrected chi connectivity index (χ2v) is 10.1. The quantitative estimate of drug-likeness (QED) is 0.453. The zero-order valence-electron chi connectivity index (χ0n) is 19.1. The number of piperazine rings is 1. The van der Waals surface area contributed by atoms with E-state index in [9.17, 15) is 18.0 Å². The lowest BCUT2D eigenvalue weighted by Crippen LogP contribution is -2.46. The van der Waals surface area contributed by atoms with Gasteiger partial charge in [0, 0.05) is 38.0 Å². The van der Waals surface area contributed by atoms with Gasteiger partial charge in [-0.3, -0.25) is 9.69 Å². The van der Waals surface area contributed by atoms with Gasteiger partial charge in [-0.2, -0.15) is 23.0 Å². The van der Waals surface area contributed by atoms with Gasteiger partial charge in [-0.1, -0.05) is 50.2 Å². The molecule has 0 spiro atoms. The molecule has 1 aliphatic rings. The lowest BCUT2D eigenvalue weighted by atomic mass is 10.1. The van der Waals surface area contributed by atoms with Gasteiger partial charge in [0.25, 0.3) is 5.56 Å². The van der Waals surface area contributed by atoms with E-state index in [1.807, 2.05) is 44.2 Å². The Morgan fingerprint density at radius 3 is 2.35 bits per heavy atom. The van der Waals surface area contributed by atoms with Gasteiger partial charge in [0.15, 0.2) is 0 Å². The van der Waals surface area contributed by atoms with E-state index in [2.05, 4.69) is 14.9 Å². The van der Waals surface area contributed by atoms with Crippen LogP contribution in [0.25, 0.3) is 5.69 Å². The van der Waals surface area contributed by atoms with Crippen LogP contribution in [0.2, 0.25) is 0 Å². The van der Waals surface area contributed by atoms with Crippen LogP contribution in [0.15, 0.2) is 70.5 Å². The van der Waals surface area contributed by atoms with Crippen LogP contribution in [-0.4, -0.2) is 46.1 Å². The first-order valence-electron chi connectivity index (χ1n) is 11.2. The van der Waals surface area contributed by atoms with Crippen LogP contribution >= 0.6 is 11.8 Å². The molecule has 1 aliphatic heterocycles. The zero-order valence-corrected chi connectivity index (χ0v) is 19.9. The smallest absolute Gasteiger partial charge is 0.367 e. The molecule has 1 aromatic heterocycles. The van der Waals surface area contributed by atoms with Gasteiger partial charge in [-0.15, -0.1) is 11.8 Å². The van der Waals surface area contributed by atoms with Crippen LogP contribution in [-0.2, 0) is 12.7 Å². The van der Waals surface area contributed by atoms with Crippen LogP contribution in [0.5, 0.6) is 0 Å². The van der Waals surface area contributed by atoms with Crippen LogP contribution in [0.3, 0.4) is 0 Å². The van der Waals surface area contributed by atoms with Gasteiger partial charge in [0.2, 0.25) is 0 Å². The van der Waals surface area contributed by atoms with Crippen molar-refractivity contribution >= 4 is 17.4 Å². The second kappa shape index (κ2) is 10.2. The normalized spacial score (nSPS) is 15.2. The Hall–Kier alpha value is -2.78. The number of anilines is 1. The summed E-state index contributed by atoms with van der Waals surface area (Å²) < 4.78 is 40.5. The Bertz CT molecular complexity index is 1170. The van der Waals surface area contributed by atoms with Crippen molar-refractivity contribution in [3.8, 4) is 5.69 Å². The molecule has 0 bridgehead atoms. The highest BCUT2D eigenvalue weighted by Gasteiger charge is 2.30. The minimum absolute atomic E-state index is 0.145. The monoisotopic (exact) mass is 488 g/mol. The Kier molecular flexibility index (Phi) is 7.33. The molecule has 4 rings (SSSR count). The molecule has 0 N–H and O–H groups in total. The molecule has 3 aromatic rings. The minimum atomic E-state index is -4.34. The summed E-state index contributed by atoms with van der Waals surface area (Å²) >= 11 is 1.53. The molecule has 2 heterocycles. The second-order valence-electron chi connectivity index (χ2n) is 8.54. The largest absolute Gasteiger partial charge is 0.416 e. The predicted molar refractivity (Wildman–Crippen MR) is 130 cm³/mol. The van der Waals surface area contributed by atoms with E-state index in [4.69, 9.17) is 0 Å². The molecule has 0 unspecified atom stereocenters. The third-order valence-corrected chi connectivity index (χ3v) is 6.73. The number of rotatable bonds is 6. The van der Waals surface area contributed by atoms with Crippen molar-refractivity contribution < 1.29 is 13.2 Å². The number of thioether (sulfide) groups is 1. The molecule has 0 aliphatic carbocycles. The van der Waals surface area contributed by atoms with Gasteiger partial charge in [-0.25, -0.2) is 0 Å². The van der Waals surface area contributed by atoms with Crippen molar-refractivity contribution in [1.29, 1.82) is 0 Å². The van der Waals surface area contributed by atoms with Crippen LogP contribution in [0.4, 0.5) is 18.9 Å². The highest BCUT2D eigenvalue weighted by atomic mass is 32.2. The van der Waals surface area contributed by atoms with Gasteiger partial charge >= 0.3 is 6.18 Å². The molecule has 34 heavy (non-hydrogen) atoms. The summed E-state index contributed by atoms with van der Waals surface area (Å²) in [6.07, 6.45) is -2.59. The Morgan fingerprint density at radius 2 is 1.71 bits per heavy atom. The first-order chi connectivity index (χ1) is 16.2. The summed E-state index contributed by atoms with van der Waals surface area (Å²) in [5.74, 6) is 0. The molecule has 0 amide bonds. The third-order valence-electron chi connectivity index (χ3n) is 5.64. The van der Waals surface area contributed by atoms with Crippen LogP contribution in [0.1, 0.15) is 25.0 Å².